The maximum atomic E-state index is 14.5. The number of nitrogens with zero attached hydrogens (tertiary/aromatic N) is 2. The number of pyridine rings is 1. The van der Waals surface area contributed by atoms with Crippen molar-refractivity contribution >= 4 is 10.0 Å². The molecule has 14 heteroatoms. The highest BCUT2D eigenvalue weighted by molar-refractivity contribution is 7.89. The molecule has 1 unspecified atom stereocenters. The average molecular weight is 626 g/mol. The number of aromatic nitrogens is 1. The predicted octanol–water partition coefficient (Wildman–Crippen LogP) is 2.94. The Hall–Kier alpha value is -3.14. The number of halogens is 4. The molecule has 1 aliphatic carbocycles. The molecule has 0 amide bonds. The van der Waals surface area contributed by atoms with E-state index in [9.17, 15) is 41.3 Å². The molecule has 0 saturated heterocycles. The van der Waals surface area contributed by atoms with Gasteiger partial charge in [-0.05, 0) is 54.3 Å². The first-order chi connectivity index (χ1) is 20.2. The van der Waals surface area contributed by atoms with E-state index in [2.05, 4.69) is 9.71 Å². The number of rotatable bonds is 3. The van der Waals surface area contributed by atoms with Gasteiger partial charge in [0.25, 0.3) is 0 Å². The zero-order valence-corrected chi connectivity index (χ0v) is 23.7. The Morgan fingerprint density at radius 2 is 1.77 bits per heavy atom. The van der Waals surface area contributed by atoms with E-state index >= 15 is 0 Å². The predicted molar refractivity (Wildman–Crippen MR) is 147 cm³/mol. The second kappa shape index (κ2) is 12.1. The van der Waals surface area contributed by atoms with Gasteiger partial charge in [0.1, 0.15) is 16.5 Å². The van der Waals surface area contributed by atoms with Crippen LogP contribution < -0.4 is 9.46 Å². The molecule has 4 atom stereocenters. The fraction of sp³-hybridized carbons (Fsp3) is 0.414. The van der Waals surface area contributed by atoms with Crippen LogP contribution in [0.15, 0.2) is 65.8 Å². The van der Waals surface area contributed by atoms with E-state index in [1.807, 2.05) is 0 Å². The van der Waals surface area contributed by atoms with Crippen molar-refractivity contribution in [2.75, 3.05) is 26.2 Å². The summed E-state index contributed by atoms with van der Waals surface area (Å²) in [6.45, 7) is -0.511. The third-order valence-corrected chi connectivity index (χ3v) is 9.27. The summed E-state index contributed by atoms with van der Waals surface area (Å²) in [5.74, 6) is -0.726. The number of aliphatic hydroxyl groups excluding tert-OH is 3. The lowest BCUT2D eigenvalue weighted by atomic mass is 9.85. The Balaban J connectivity index is 1.54. The molecular weight excluding hydrogens is 594 g/mol. The van der Waals surface area contributed by atoms with Gasteiger partial charge >= 0.3 is 6.18 Å². The third-order valence-electron chi connectivity index (χ3n) is 7.81. The lowest BCUT2D eigenvalue weighted by Gasteiger charge is -2.37. The Morgan fingerprint density at radius 3 is 2.47 bits per heavy atom. The fourth-order valence-corrected chi connectivity index (χ4v) is 6.94. The zero-order valence-electron chi connectivity index (χ0n) is 22.8. The number of hydrogen-bond donors (Lipinski definition) is 4. The Kier molecular flexibility index (Phi) is 8.80. The zero-order chi connectivity index (χ0) is 31.0. The van der Waals surface area contributed by atoms with Gasteiger partial charge in [-0.25, -0.2) is 17.5 Å². The molecule has 9 nitrogen and oxygen atoms in total. The van der Waals surface area contributed by atoms with E-state index in [4.69, 9.17) is 4.74 Å². The van der Waals surface area contributed by atoms with Gasteiger partial charge in [0, 0.05) is 43.4 Å². The van der Waals surface area contributed by atoms with Crippen molar-refractivity contribution in [3.8, 4) is 16.9 Å². The molecule has 232 valence electrons. The highest BCUT2D eigenvalue weighted by atomic mass is 32.2. The molecule has 2 aromatic carbocycles. The Morgan fingerprint density at radius 1 is 1.05 bits per heavy atom. The van der Waals surface area contributed by atoms with Crippen LogP contribution in [0.2, 0.25) is 0 Å². The number of β-amino-alcohol motifs (C(OH)–C–C–N with tert-alkyl or cyclic N) is 1. The molecule has 1 spiro atoms. The standard InChI is InChI=1S/C29H31F4N3O6S/c30-23-13-34-7-6-20(23)14-36-15-22(37)12-35-43(40,41)27-5-4-19(18-2-1-3-21(8-18)29(31,32)33)9-26(27)42-17-28(16-36)10-24(38)25(39)11-28/h1-9,13,22,24-25,35,37-39H,10-12,14-17H2/t22-,24-,25+,28?/m0/s1. The van der Waals surface area contributed by atoms with Crippen LogP contribution in [-0.2, 0) is 22.7 Å². The first kappa shape index (κ1) is 31.3. The number of ether oxygens (including phenoxy) is 1. The van der Waals surface area contributed by atoms with Crippen LogP contribution in [0.3, 0.4) is 0 Å². The van der Waals surface area contributed by atoms with E-state index in [0.29, 0.717) is 0 Å². The topological polar surface area (TPSA) is 132 Å². The second-order valence-electron chi connectivity index (χ2n) is 11.2. The highest BCUT2D eigenvalue weighted by Gasteiger charge is 2.46. The van der Waals surface area contributed by atoms with Crippen molar-refractivity contribution in [3.63, 3.8) is 0 Å². The molecule has 0 bridgehead atoms. The summed E-state index contributed by atoms with van der Waals surface area (Å²) in [5, 5.41) is 31.8. The SMILES string of the molecule is O=S1(=O)NC[C@H](O)CN(Cc2ccncc2F)CC2(COc3cc(-c4cccc(C(F)(F)F)c4)ccc31)C[C@@H](O)[C@@H](O)C2. The minimum atomic E-state index is -4.58. The molecule has 3 aromatic rings. The molecule has 43 heavy (non-hydrogen) atoms. The van der Waals surface area contributed by atoms with E-state index < -0.39 is 57.9 Å². The van der Waals surface area contributed by atoms with Crippen LogP contribution in [-0.4, -0.2) is 78.2 Å². The van der Waals surface area contributed by atoms with E-state index in [1.54, 1.807) is 4.90 Å². The molecular formula is C29H31F4N3O6S. The average Bonchev–Trinajstić information content (AvgIpc) is 3.23. The minimum absolute atomic E-state index is 0.0163. The number of fused-ring (bicyclic) bond motifs is 1. The molecule has 5 rings (SSSR count). The largest absolute Gasteiger partial charge is 0.492 e. The Labute approximate surface area is 245 Å². The van der Waals surface area contributed by atoms with Crippen LogP contribution in [0.1, 0.15) is 24.0 Å². The van der Waals surface area contributed by atoms with Crippen molar-refractivity contribution in [1.29, 1.82) is 0 Å². The number of hydrogen-bond acceptors (Lipinski definition) is 8. The number of alkyl halides is 3. The van der Waals surface area contributed by atoms with Crippen LogP contribution >= 0.6 is 0 Å². The molecule has 1 saturated carbocycles. The molecule has 4 N–H and O–H groups in total. The number of sulfonamides is 1. The Bertz CT molecular complexity index is 1560. The second-order valence-corrected chi connectivity index (χ2v) is 12.9. The molecule has 0 radical (unpaired) electrons. The van der Waals surface area contributed by atoms with Crippen LogP contribution in [0.4, 0.5) is 17.6 Å². The minimum Gasteiger partial charge on any atom is -0.492 e. The van der Waals surface area contributed by atoms with Gasteiger partial charge in [-0.2, -0.15) is 13.2 Å². The van der Waals surface area contributed by atoms with Crippen molar-refractivity contribution in [2.45, 2.75) is 48.8 Å². The van der Waals surface area contributed by atoms with Gasteiger partial charge in [-0.3, -0.25) is 9.88 Å². The highest BCUT2D eigenvalue weighted by Crippen LogP contribution is 2.42. The third kappa shape index (κ3) is 7.16. The van der Waals surface area contributed by atoms with E-state index in [1.165, 1.54) is 42.6 Å². The van der Waals surface area contributed by atoms with Crippen LogP contribution in [0.25, 0.3) is 11.1 Å². The van der Waals surface area contributed by atoms with Crippen molar-refractivity contribution in [2.24, 2.45) is 5.41 Å². The van der Waals surface area contributed by atoms with Gasteiger partial charge in [0.05, 0.1) is 36.7 Å². The first-order valence-corrected chi connectivity index (χ1v) is 15.0. The van der Waals surface area contributed by atoms with Gasteiger partial charge in [-0.15, -0.1) is 0 Å². The van der Waals surface area contributed by atoms with Gasteiger partial charge in [0.15, 0.2) is 0 Å². The van der Waals surface area contributed by atoms with E-state index in [-0.39, 0.29) is 66.4 Å². The normalized spacial score (nSPS) is 26.7. The van der Waals surface area contributed by atoms with E-state index in [0.717, 1.165) is 18.3 Å². The molecule has 1 fully saturated rings. The monoisotopic (exact) mass is 625 g/mol. The summed E-state index contributed by atoms with van der Waals surface area (Å²) in [4.78, 5) is 5.16. The summed E-state index contributed by atoms with van der Waals surface area (Å²) >= 11 is 0. The molecule has 1 aliphatic heterocycles. The smallest absolute Gasteiger partial charge is 0.416 e. The fourth-order valence-electron chi connectivity index (χ4n) is 5.74. The van der Waals surface area contributed by atoms with Gasteiger partial charge in [0.2, 0.25) is 10.0 Å². The van der Waals surface area contributed by atoms with Crippen molar-refractivity contribution in [1.82, 2.24) is 14.6 Å². The first-order valence-electron chi connectivity index (χ1n) is 13.5. The van der Waals surface area contributed by atoms with Crippen molar-refractivity contribution < 1.29 is 46.0 Å². The number of benzene rings is 2. The van der Waals surface area contributed by atoms with Crippen molar-refractivity contribution in [3.05, 3.63) is 77.9 Å². The van der Waals surface area contributed by atoms with Crippen LogP contribution in [0, 0.1) is 11.2 Å². The lowest BCUT2D eigenvalue weighted by Crippen LogP contribution is -2.46. The lowest BCUT2D eigenvalue weighted by molar-refractivity contribution is -0.137. The number of nitrogens with one attached hydrogen (secondary N) is 1. The molecule has 2 heterocycles. The summed E-state index contributed by atoms with van der Waals surface area (Å²) in [6.07, 6.45) is -5.43. The maximum Gasteiger partial charge on any atom is 0.416 e. The summed E-state index contributed by atoms with van der Waals surface area (Å²) in [5.41, 5.74) is -1.11. The molecule has 1 aromatic heterocycles. The summed E-state index contributed by atoms with van der Waals surface area (Å²) < 4.78 is 89.7. The maximum absolute atomic E-state index is 14.5. The van der Waals surface area contributed by atoms with Gasteiger partial charge < -0.3 is 20.1 Å². The van der Waals surface area contributed by atoms with Crippen LogP contribution in [0.5, 0.6) is 5.75 Å². The van der Waals surface area contributed by atoms with Gasteiger partial charge in [-0.1, -0.05) is 18.2 Å². The number of aliphatic hydroxyl groups is 3. The molecule has 2 aliphatic rings. The summed E-state index contributed by atoms with van der Waals surface area (Å²) in [7, 11) is -4.27. The summed E-state index contributed by atoms with van der Waals surface area (Å²) in [6, 6.07) is 9.96. The quantitative estimate of drug-likeness (QED) is 0.327.